The van der Waals surface area contributed by atoms with Crippen LogP contribution in [-0.4, -0.2) is 11.8 Å². The molecule has 0 atom stereocenters. The Morgan fingerprint density at radius 1 is 1.05 bits per heavy atom. The minimum absolute atomic E-state index is 0.358. The summed E-state index contributed by atoms with van der Waals surface area (Å²) in [7, 11) is 0. The number of carbonyl (C=O) groups excluding carboxylic acids is 2. The van der Waals surface area contributed by atoms with E-state index in [1.807, 2.05) is 26.0 Å². The number of rotatable bonds is 3. The van der Waals surface area contributed by atoms with Gasteiger partial charge in [0.25, 0.3) is 11.8 Å². The SMILES string of the molecule is Cc1ccc(/C=C/C(=O)NNC(=O)c2ccccc2C)o1. The molecule has 2 N–H and O–H groups in total. The van der Waals surface area contributed by atoms with E-state index in [2.05, 4.69) is 10.9 Å². The molecule has 0 saturated heterocycles. The molecule has 21 heavy (non-hydrogen) atoms. The van der Waals surface area contributed by atoms with E-state index in [0.717, 1.165) is 11.3 Å². The minimum atomic E-state index is -0.439. The van der Waals surface area contributed by atoms with Gasteiger partial charge in [-0.15, -0.1) is 0 Å². The average Bonchev–Trinajstić information content (AvgIpc) is 2.89. The van der Waals surface area contributed by atoms with Gasteiger partial charge in [-0.1, -0.05) is 18.2 Å². The van der Waals surface area contributed by atoms with Crippen molar-refractivity contribution in [2.45, 2.75) is 13.8 Å². The molecule has 2 amide bonds. The zero-order chi connectivity index (χ0) is 15.2. The van der Waals surface area contributed by atoms with Gasteiger partial charge in [-0.25, -0.2) is 0 Å². The van der Waals surface area contributed by atoms with Crippen molar-refractivity contribution in [3.05, 3.63) is 65.1 Å². The highest BCUT2D eigenvalue weighted by atomic mass is 16.3. The van der Waals surface area contributed by atoms with E-state index in [9.17, 15) is 9.59 Å². The molecule has 0 unspecified atom stereocenters. The van der Waals surface area contributed by atoms with Crippen LogP contribution in [0.15, 0.2) is 46.9 Å². The normalized spacial score (nSPS) is 10.6. The van der Waals surface area contributed by atoms with Crippen LogP contribution in [0.1, 0.15) is 27.4 Å². The number of furan rings is 1. The van der Waals surface area contributed by atoms with Crippen LogP contribution in [0.3, 0.4) is 0 Å². The number of hydrogen-bond donors (Lipinski definition) is 2. The molecule has 5 nitrogen and oxygen atoms in total. The summed E-state index contributed by atoms with van der Waals surface area (Å²) in [4.78, 5) is 23.5. The molecular weight excluding hydrogens is 268 g/mol. The van der Waals surface area contributed by atoms with Crippen molar-refractivity contribution in [1.82, 2.24) is 10.9 Å². The molecule has 0 bridgehead atoms. The van der Waals surface area contributed by atoms with Crippen molar-refractivity contribution >= 4 is 17.9 Å². The number of benzene rings is 1. The van der Waals surface area contributed by atoms with Crippen LogP contribution in [-0.2, 0) is 4.79 Å². The molecule has 1 heterocycles. The summed E-state index contributed by atoms with van der Waals surface area (Å²) in [5, 5.41) is 0. The Hall–Kier alpha value is -2.82. The second-order valence-corrected chi connectivity index (χ2v) is 4.54. The van der Waals surface area contributed by atoms with E-state index in [1.165, 1.54) is 12.2 Å². The van der Waals surface area contributed by atoms with Crippen LogP contribution in [0.2, 0.25) is 0 Å². The summed E-state index contributed by atoms with van der Waals surface area (Å²) in [5.41, 5.74) is 6.03. The predicted octanol–water partition coefficient (Wildman–Crippen LogP) is 2.37. The summed E-state index contributed by atoms with van der Waals surface area (Å²) in [6.07, 6.45) is 2.82. The van der Waals surface area contributed by atoms with Gasteiger partial charge in [-0.3, -0.25) is 20.4 Å². The second kappa shape index (κ2) is 6.56. The van der Waals surface area contributed by atoms with Crippen molar-refractivity contribution in [2.75, 3.05) is 0 Å². The van der Waals surface area contributed by atoms with Crippen LogP contribution < -0.4 is 10.9 Å². The lowest BCUT2D eigenvalue weighted by Gasteiger charge is -2.07. The Morgan fingerprint density at radius 2 is 1.81 bits per heavy atom. The fraction of sp³-hybridized carbons (Fsp3) is 0.125. The predicted molar refractivity (Wildman–Crippen MR) is 79.3 cm³/mol. The molecule has 0 aliphatic carbocycles. The van der Waals surface area contributed by atoms with E-state index in [1.54, 1.807) is 24.3 Å². The molecule has 0 radical (unpaired) electrons. The second-order valence-electron chi connectivity index (χ2n) is 4.54. The zero-order valence-corrected chi connectivity index (χ0v) is 11.8. The largest absolute Gasteiger partial charge is 0.462 e. The van der Waals surface area contributed by atoms with Crippen LogP contribution >= 0.6 is 0 Å². The van der Waals surface area contributed by atoms with Gasteiger partial charge in [-0.05, 0) is 43.7 Å². The molecule has 108 valence electrons. The lowest BCUT2D eigenvalue weighted by molar-refractivity contribution is -0.117. The Balaban J connectivity index is 1.88. The molecule has 2 aromatic rings. The highest BCUT2D eigenvalue weighted by Gasteiger charge is 2.08. The van der Waals surface area contributed by atoms with Gasteiger partial charge >= 0.3 is 0 Å². The first-order valence-electron chi connectivity index (χ1n) is 6.47. The third kappa shape index (κ3) is 4.07. The Labute approximate surface area is 122 Å². The molecule has 0 aliphatic heterocycles. The van der Waals surface area contributed by atoms with E-state index < -0.39 is 5.91 Å². The van der Waals surface area contributed by atoms with Gasteiger partial charge in [0, 0.05) is 11.6 Å². The maximum Gasteiger partial charge on any atom is 0.269 e. The lowest BCUT2D eigenvalue weighted by Crippen LogP contribution is -2.41. The first-order chi connectivity index (χ1) is 10.1. The number of hydrazine groups is 1. The molecule has 0 aliphatic rings. The Bertz CT molecular complexity index is 686. The number of aryl methyl sites for hydroxylation is 2. The summed E-state index contributed by atoms with van der Waals surface area (Å²) in [6, 6.07) is 10.7. The first-order valence-corrected chi connectivity index (χ1v) is 6.47. The van der Waals surface area contributed by atoms with Crippen molar-refractivity contribution in [2.24, 2.45) is 0 Å². The summed E-state index contributed by atoms with van der Waals surface area (Å²) in [5.74, 6) is 0.547. The fourth-order valence-electron chi connectivity index (χ4n) is 1.76. The first kappa shape index (κ1) is 14.6. The molecule has 0 saturated carbocycles. The van der Waals surface area contributed by atoms with E-state index in [0.29, 0.717) is 11.3 Å². The number of amides is 2. The number of nitrogens with one attached hydrogen (secondary N) is 2. The van der Waals surface area contributed by atoms with Crippen LogP contribution in [0.5, 0.6) is 0 Å². The highest BCUT2D eigenvalue weighted by Crippen LogP contribution is 2.08. The van der Waals surface area contributed by atoms with Gasteiger partial charge < -0.3 is 4.42 Å². The van der Waals surface area contributed by atoms with Crippen LogP contribution in [0.25, 0.3) is 6.08 Å². The van der Waals surface area contributed by atoms with Gasteiger partial charge in [0.1, 0.15) is 11.5 Å². The van der Waals surface area contributed by atoms with E-state index in [4.69, 9.17) is 4.42 Å². The van der Waals surface area contributed by atoms with Gasteiger partial charge in [0.2, 0.25) is 0 Å². The molecule has 0 spiro atoms. The Morgan fingerprint density at radius 3 is 2.48 bits per heavy atom. The molecule has 1 aromatic carbocycles. The smallest absolute Gasteiger partial charge is 0.269 e. The van der Waals surface area contributed by atoms with Crippen LogP contribution in [0, 0.1) is 13.8 Å². The monoisotopic (exact) mass is 284 g/mol. The topological polar surface area (TPSA) is 71.3 Å². The van der Waals surface area contributed by atoms with Crippen LogP contribution in [0.4, 0.5) is 0 Å². The number of carbonyl (C=O) groups is 2. The summed E-state index contributed by atoms with van der Waals surface area (Å²) in [6.45, 7) is 3.65. The molecule has 0 fully saturated rings. The maximum atomic E-state index is 11.9. The van der Waals surface area contributed by atoms with E-state index in [-0.39, 0.29) is 5.91 Å². The molecule has 1 aromatic heterocycles. The van der Waals surface area contributed by atoms with Crippen molar-refractivity contribution < 1.29 is 14.0 Å². The van der Waals surface area contributed by atoms with Crippen molar-refractivity contribution in [3.8, 4) is 0 Å². The Kier molecular flexibility index (Phi) is 4.56. The van der Waals surface area contributed by atoms with Gasteiger partial charge in [0.15, 0.2) is 0 Å². The third-order valence-corrected chi connectivity index (χ3v) is 2.85. The van der Waals surface area contributed by atoms with Crippen molar-refractivity contribution in [3.63, 3.8) is 0 Å². The maximum absolute atomic E-state index is 11.9. The van der Waals surface area contributed by atoms with E-state index >= 15 is 0 Å². The zero-order valence-electron chi connectivity index (χ0n) is 11.8. The molecule has 5 heteroatoms. The molecule has 2 rings (SSSR count). The summed E-state index contributed by atoms with van der Waals surface area (Å²) < 4.78 is 5.29. The summed E-state index contributed by atoms with van der Waals surface area (Å²) >= 11 is 0. The van der Waals surface area contributed by atoms with Crippen molar-refractivity contribution in [1.29, 1.82) is 0 Å². The lowest BCUT2D eigenvalue weighted by atomic mass is 10.1. The molecular formula is C16H16N2O3. The number of hydrogen-bond acceptors (Lipinski definition) is 3. The highest BCUT2D eigenvalue weighted by molar-refractivity contribution is 5.98. The minimum Gasteiger partial charge on any atom is -0.462 e. The van der Waals surface area contributed by atoms with Gasteiger partial charge in [-0.2, -0.15) is 0 Å². The van der Waals surface area contributed by atoms with Gasteiger partial charge in [0.05, 0.1) is 0 Å². The average molecular weight is 284 g/mol. The third-order valence-electron chi connectivity index (χ3n) is 2.85. The standard InChI is InChI=1S/C16H16N2O3/c1-11-5-3-4-6-14(11)16(20)18-17-15(19)10-9-13-8-7-12(2)21-13/h3-10H,1-2H3,(H,17,19)(H,18,20)/b10-9+. The quantitative estimate of drug-likeness (QED) is 0.671. The fourth-order valence-corrected chi connectivity index (χ4v) is 1.76.